The number of likely N-dealkylation sites (tertiary alicyclic amines) is 1. The molecule has 3 aromatic rings. The molecule has 9 heteroatoms. The number of aromatic nitrogens is 2. The van der Waals surface area contributed by atoms with Gasteiger partial charge in [-0.2, -0.15) is 0 Å². The molecule has 1 aliphatic rings. The van der Waals surface area contributed by atoms with Crippen molar-refractivity contribution in [2.24, 2.45) is 11.8 Å². The van der Waals surface area contributed by atoms with Crippen molar-refractivity contribution >= 4 is 39.2 Å². The predicted molar refractivity (Wildman–Crippen MR) is 115 cm³/mol. The van der Waals surface area contributed by atoms with Gasteiger partial charge in [0.1, 0.15) is 16.3 Å². The van der Waals surface area contributed by atoms with Crippen LogP contribution in [0.5, 0.6) is 0 Å². The normalized spacial score (nSPS) is 19.4. The Bertz CT molecular complexity index is 1130. The lowest BCUT2D eigenvalue weighted by Crippen LogP contribution is -2.43. The van der Waals surface area contributed by atoms with Crippen molar-refractivity contribution in [1.82, 2.24) is 14.5 Å². The zero-order chi connectivity index (χ0) is 21.4. The second-order valence-electron chi connectivity index (χ2n) is 7.83. The van der Waals surface area contributed by atoms with Gasteiger partial charge >= 0.3 is 0 Å². The maximum atomic E-state index is 13.8. The number of carbonyl (C=O) groups is 1. The van der Waals surface area contributed by atoms with Gasteiger partial charge in [0.15, 0.2) is 5.16 Å². The summed E-state index contributed by atoms with van der Waals surface area (Å²) in [6, 6.07) is 4.65. The number of hydrogen-bond acceptors (Lipinski definition) is 5. The van der Waals surface area contributed by atoms with Crippen molar-refractivity contribution in [3.63, 3.8) is 0 Å². The molecule has 1 amide bonds. The van der Waals surface area contributed by atoms with E-state index in [4.69, 9.17) is 0 Å². The molecule has 0 aliphatic carbocycles. The van der Waals surface area contributed by atoms with Crippen LogP contribution in [0.3, 0.4) is 0 Å². The zero-order valence-electron chi connectivity index (χ0n) is 16.6. The van der Waals surface area contributed by atoms with Gasteiger partial charge in [-0.15, -0.1) is 11.3 Å². The minimum atomic E-state index is -0.786. The van der Waals surface area contributed by atoms with Gasteiger partial charge in [-0.3, -0.25) is 14.2 Å². The fraction of sp³-hybridized carbons (Fsp3) is 0.381. The minimum absolute atomic E-state index is 0.0324. The third kappa shape index (κ3) is 4.27. The highest BCUT2D eigenvalue weighted by atomic mass is 32.2. The molecule has 1 fully saturated rings. The summed E-state index contributed by atoms with van der Waals surface area (Å²) in [4.78, 5) is 32.2. The van der Waals surface area contributed by atoms with E-state index in [1.54, 1.807) is 11.4 Å². The number of benzene rings is 1. The molecule has 3 heterocycles. The highest BCUT2D eigenvalue weighted by molar-refractivity contribution is 7.99. The van der Waals surface area contributed by atoms with Gasteiger partial charge in [0.05, 0.1) is 17.0 Å². The topological polar surface area (TPSA) is 55.2 Å². The van der Waals surface area contributed by atoms with E-state index >= 15 is 0 Å². The lowest BCUT2D eigenvalue weighted by molar-refractivity contribution is -0.130. The maximum absolute atomic E-state index is 13.8. The predicted octanol–water partition coefficient (Wildman–Crippen LogP) is 4.32. The van der Waals surface area contributed by atoms with Crippen LogP contribution >= 0.6 is 23.1 Å². The highest BCUT2D eigenvalue weighted by Crippen LogP contribution is 2.26. The van der Waals surface area contributed by atoms with Crippen LogP contribution in [0.4, 0.5) is 8.78 Å². The van der Waals surface area contributed by atoms with Gasteiger partial charge < -0.3 is 4.90 Å². The van der Waals surface area contributed by atoms with Crippen molar-refractivity contribution < 1.29 is 13.6 Å². The molecular formula is C21H21F2N3O2S2. The summed E-state index contributed by atoms with van der Waals surface area (Å²) in [5.74, 6) is -0.625. The standard InChI is InChI=1S/C21H21F2N3O2S2/c1-12-5-13(2)10-25(9-12)18(27)11-30-21-24-17-3-4-29-19(17)20(28)26(21)16-7-14(22)6-15(23)8-16/h3-4,6-8,12-13H,5,9-11H2,1-2H3. The molecule has 1 aromatic carbocycles. The van der Waals surface area contributed by atoms with Gasteiger partial charge in [-0.05, 0) is 41.8 Å². The fourth-order valence-corrected chi connectivity index (χ4v) is 5.64. The monoisotopic (exact) mass is 449 g/mol. The Morgan fingerprint density at radius 3 is 2.53 bits per heavy atom. The maximum Gasteiger partial charge on any atom is 0.276 e. The average molecular weight is 450 g/mol. The smallest absolute Gasteiger partial charge is 0.276 e. The number of amides is 1. The number of nitrogens with zero attached hydrogens (tertiary/aromatic N) is 3. The lowest BCUT2D eigenvalue weighted by Gasteiger charge is -2.35. The van der Waals surface area contributed by atoms with Crippen molar-refractivity contribution in [2.75, 3.05) is 18.8 Å². The van der Waals surface area contributed by atoms with Crippen LogP contribution < -0.4 is 5.56 Å². The van der Waals surface area contributed by atoms with Gasteiger partial charge in [0.25, 0.3) is 5.56 Å². The number of rotatable bonds is 4. The van der Waals surface area contributed by atoms with Crippen molar-refractivity contribution in [3.8, 4) is 5.69 Å². The van der Waals surface area contributed by atoms with Crippen molar-refractivity contribution in [1.29, 1.82) is 0 Å². The number of thioether (sulfide) groups is 1. The molecule has 2 unspecified atom stereocenters. The number of carbonyl (C=O) groups excluding carboxylic acids is 1. The summed E-state index contributed by atoms with van der Waals surface area (Å²) in [6.45, 7) is 5.68. The van der Waals surface area contributed by atoms with Crippen LogP contribution in [0.1, 0.15) is 20.3 Å². The van der Waals surface area contributed by atoms with E-state index in [9.17, 15) is 18.4 Å². The van der Waals surface area contributed by atoms with Gasteiger partial charge in [0, 0.05) is 19.2 Å². The second-order valence-corrected chi connectivity index (χ2v) is 9.69. The fourth-order valence-electron chi connectivity index (χ4n) is 3.97. The number of piperidine rings is 1. The summed E-state index contributed by atoms with van der Waals surface area (Å²) in [7, 11) is 0. The molecule has 5 nitrogen and oxygen atoms in total. The largest absolute Gasteiger partial charge is 0.341 e. The van der Waals surface area contributed by atoms with Crippen molar-refractivity contribution in [2.45, 2.75) is 25.4 Å². The average Bonchev–Trinajstić information content (AvgIpc) is 3.13. The first-order valence-corrected chi connectivity index (χ1v) is 11.6. The quantitative estimate of drug-likeness (QED) is 0.440. The van der Waals surface area contributed by atoms with Crippen LogP contribution in [0.2, 0.25) is 0 Å². The summed E-state index contributed by atoms with van der Waals surface area (Å²) in [5, 5.41) is 1.98. The Balaban J connectivity index is 1.68. The Kier molecular flexibility index (Phi) is 5.92. The Hall–Kier alpha value is -2.26. The molecule has 30 heavy (non-hydrogen) atoms. The first-order valence-electron chi connectivity index (χ1n) is 9.69. The molecule has 0 saturated carbocycles. The number of thiophene rings is 1. The van der Waals surface area contributed by atoms with Crippen LogP contribution in [-0.4, -0.2) is 39.2 Å². The van der Waals surface area contributed by atoms with Crippen LogP contribution in [0, 0.1) is 23.5 Å². The molecule has 0 spiro atoms. The summed E-state index contributed by atoms with van der Waals surface area (Å²) >= 11 is 2.33. The van der Waals surface area contributed by atoms with Gasteiger partial charge in [-0.25, -0.2) is 13.8 Å². The molecule has 1 aliphatic heterocycles. The third-order valence-corrected chi connectivity index (χ3v) is 6.92. The van der Waals surface area contributed by atoms with Gasteiger partial charge in [-0.1, -0.05) is 25.6 Å². The molecule has 4 rings (SSSR count). The molecule has 0 radical (unpaired) electrons. The van der Waals surface area contributed by atoms with E-state index in [1.807, 2.05) is 4.90 Å². The van der Waals surface area contributed by atoms with E-state index in [-0.39, 0.29) is 22.5 Å². The zero-order valence-corrected chi connectivity index (χ0v) is 18.2. The van der Waals surface area contributed by atoms with E-state index in [1.165, 1.54) is 15.9 Å². The molecule has 1 saturated heterocycles. The third-order valence-electron chi connectivity index (χ3n) is 5.10. The van der Waals surface area contributed by atoms with Crippen LogP contribution in [-0.2, 0) is 4.79 Å². The first-order chi connectivity index (χ1) is 14.3. The molecule has 158 valence electrons. The van der Waals surface area contributed by atoms with E-state index in [2.05, 4.69) is 18.8 Å². The highest BCUT2D eigenvalue weighted by Gasteiger charge is 2.26. The summed E-state index contributed by atoms with van der Waals surface area (Å²) in [6.07, 6.45) is 1.10. The molecule has 0 N–H and O–H groups in total. The minimum Gasteiger partial charge on any atom is -0.341 e. The lowest BCUT2D eigenvalue weighted by atomic mass is 9.92. The van der Waals surface area contributed by atoms with Crippen LogP contribution in [0.25, 0.3) is 15.9 Å². The van der Waals surface area contributed by atoms with E-state index < -0.39 is 17.2 Å². The first kappa shape index (κ1) is 21.0. The molecule has 0 bridgehead atoms. The Morgan fingerprint density at radius 1 is 1.20 bits per heavy atom. The van der Waals surface area contributed by atoms with Crippen LogP contribution in [0.15, 0.2) is 39.6 Å². The Morgan fingerprint density at radius 2 is 1.87 bits per heavy atom. The number of hydrogen-bond donors (Lipinski definition) is 0. The van der Waals surface area contributed by atoms with E-state index in [0.29, 0.717) is 35.1 Å². The van der Waals surface area contributed by atoms with E-state index in [0.717, 1.165) is 36.4 Å². The molecular weight excluding hydrogens is 428 g/mol. The number of halogens is 2. The molecule has 2 atom stereocenters. The van der Waals surface area contributed by atoms with Gasteiger partial charge in [0.2, 0.25) is 5.91 Å². The SMILES string of the molecule is CC1CC(C)CN(C(=O)CSc2nc3ccsc3c(=O)n2-c2cc(F)cc(F)c2)C1. The second kappa shape index (κ2) is 8.47. The number of fused-ring (bicyclic) bond motifs is 1. The molecule has 2 aromatic heterocycles. The Labute approximate surface area is 180 Å². The van der Waals surface area contributed by atoms with Crippen molar-refractivity contribution in [3.05, 3.63) is 51.6 Å². The summed E-state index contributed by atoms with van der Waals surface area (Å²) in [5.41, 5.74) is 0.152. The summed E-state index contributed by atoms with van der Waals surface area (Å²) < 4.78 is 29.2.